The number of fused-ring (bicyclic) bond motifs is 1. The lowest BCUT2D eigenvalue weighted by atomic mass is 10.0. The van der Waals surface area contributed by atoms with Crippen molar-refractivity contribution in [2.24, 2.45) is 0 Å². The molecule has 1 aliphatic rings. The number of anilines is 1. The number of nitrogens with zero attached hydrogens (tertiary/aromatic N) is 4. The van der Waals surface area contributed by atoms with Crippen molar-refractivity contribution in [2.75, 3.05) is 31.1 Å². The highest BCUT2D eigenvalue weighted by Crippen LogP contribution is 2.31. The first kappa shape index (κ1) is 28.4. The third-order valence-corrected chi connectivity index (χ3v) is 6.22. The van der Waals surface area contributed by atoms with Gasteiger partial charge in [-0.15, -0.1) is 0 Å². The number of ether oxygens (including phenoxy) is 2. The number of hydrogen-bond donors (Lipinski definition) is 1. The molecule has 0 spiro atoms. The van der Waals surface area contributed by atoms with Gasteiger partial charge in [-0.3, -0.25) is 4.98 Å². The Labute approximate surface area is 234 Å². The van der Waals surface area contributed by atoms with Gasteiger partial charge in [0.05, 0.1) is 10.5 Å². The number of carbonyl (C=O) groups is 2. The molecule has 2 amide bonds. The first-order valence-corrected chi connectivity index (χ1v) is 13.4. The summed E-state index contributed by atoms with van der Waals surface area (Å²) in [4.78, 5) is 37.4. The molecule has 4 rings (SSSR count). The predicted octanol–water partition coefficient (Wildman–Crippen LogP) is 6.03. The summed E-state index contributed by atoms with van der Waals surface area (Å²) in [6.45, 7) is 13.7. The van der Waals surface area contributed by atoms with Crippen molar-refractivity contribution in [3.63, 3.8) is 0 Å². The van der Waals surface area contributed by atoms with Gasteiger partial charge in [-0.1, -0.05) is 17.7 Å². The number of rotatable bonds is 4. The molecule has 1 aliphatic heterocycles. The third-order valence-electron chi connectivity index (χ3n) is 5.94. The van der Waals surface area contributed by atoms with Crippen molar-refractivity contribution in [3.8, 4) is 11.1 Å². The normalized spacial score (nSPS) is 14.3. The Morgan fingerprint density at radius 1 is 0.923 bits per heavy atom. The molecule has 1 fully saturated rings. The van der Waals surface area contributed by atoms with Gasteiger partial charge in [0.15, 0.2) is 0 Å². The van der Waals surface area contributed by atoms with Crippen LogP contribution < -0.4 is 10.2 Å². The van der Waals surface area contributed by atoms with Crippen molar-refractivity contribution in [1.29, 1.82) is 0 Å². The summed E-state index contributed by atoms with van der Waals surface area (Å²) >= 11 is 6.69. The van der Waals surface area contributed by atoms with E-state index in [0.717, 1.165) is 27.6 Å². The summed E-state index contributed by atoms with van der Waals surface area (Å²) in [5.41, 5.74) is 2.48. The quantitative estimate of drug-likeness (QED) is 0.421. The fraction of sp³-hybridized carbons (Fsp3) is 0.448. The molecule has 1 N–H and O–H groups in total. The predicted molar refractivity (Wildman–Crippen MR) is 153 cm³/mol. The van der Waals surface area contributed by atoms with Crippen LogP contribution in [-0.4, -0.2) is 64.4 Å². The number of halogens is 1. The van der Waals surface area contributed by atoms with E-state index in [1.54, 1.807) is 17.3 Å². The number of amides is 2. The average molecular weight is 554 g/mol. The fourth-order valence-corrected chi connectivity index (χ4v) is 4.48. The molecule has 0 radical (unpaired) electrons. The maximum absolute atomic E-state index is 12.4. The summed E-state index contributed by atoms with van der Waals surface area (Å²) in [6, 6.07) is 9.90. The van der Waals surface area contributed by atoms with E-state index in [4.69, 9.17) is 26.1 Å². The van der Waals surface area contributed by atoms with E-state index in [0.29, 0.717) is 43.6 Å². The van der Waals surface area contributed by atoms with Crippen LogP contribution in [-0.2, 0) is 16.0 Å². The number of benzene rings is 1. The monoisotopic (exact) mass is 553 g/mol. The topological polar surface area (TPSA) is 96.9 Å². The first-order valence-electron chi connectivity index (χ1n) is 13.0. The summed E-state index contributed by atoms with van der Waals surface area (Å²) in [6.07, 6.45) is 2.73. The average Bonchev–Trinajstić information content (AvgIpc) is 2.85. The highest BCUT2D eigenvalue weighted by atomic mass is 35.5. The van der Waals surface area contributed by atoms with Crippen LogP contribution in [0.4, 0.5) is 15.4 Å². The number of alkyl carbamates (subject to hydrolysis) is 1. The Bertz CT molecular complexity index is 1360. The van der Waals surface area contributed by atoms with Gasteiger partial charge in [0.25, 0.3) is 0 Å². The minimum absolute atomic E-state index is 0.300. The molecule has 3 aromatic rings. The lowest BCUT2D eigenvalue weighted by Crippen LogP contribution is -2.50. The number of aromatic nitrogens is 2. The molecule has 0 bridgehead atoms. The fourth-order valence-electron chi connectivity index (χ4n) is 4.20. The van der Waals surface area contributed by atoms with Gasteiger partial charge in [-0.25, -0.2) is 14.6 Å². The van der Waals surface area contributed by atoms with Gasteiger partial charge < -0.3 is 24.6 Å². The molecular weight excluding hydrogens is 518 g/mol. The van der Waals surface area contributed by atoms with Gasteiger partial charge in [0.1, 0.15) is 17.0 Å². The van der Waals surface area contributed by atoms with Crippen molar-refractivity contribution < 1.29 is 19.1 Å². The molecule has 0 unspecified atom stereocenters. The van der Waals surface area contributed by atoms with Crippen molar-refractivity contribution in [2.45, 2.75) is 59.3 Å². The molecule has 1 aromatic carbocycles. The third kappa shape index (κ3) is 7.72. The van der Waals surface area contributed by atoms with Crippen LogP contribution in [0.25, 0.3) is 22.0 Å². The summed E-state index contributed by atoms with van der Waals surface area (Å²) in [5, 5.41) is 4.23. The van der Waals surface area contributed by atoms with Crippen LogP contribution in [0, 0.1) is 0 Å². The minimum atomic E-state index is -0.557. The van der Waals surface area contributed by atoms with Gasteiger partial charge in [0.2, 0.25) is 0 Å². The van der Waals surface area contributed by atoms with Gasteiger partial charge in [-0.2, -0.15) is 0 Å². The Hall–Kier alpha value is -3.59. The molecular formula is C29H36ClN5O4. The van der Waals surface area contributed by atoms with E-state index in [9.17, 15) is 9.59 Å². The first-order chi connectivity index (χ1) is 18.3. The standard InChI is InChI=1S/C29H36ClN5O4/c1-28(2,3)38-26(36)32-17-19-13-22(18-31-16-19)20-7-8-24-21(14-20)15-23(30)25(33-24)34-9-11-35(12-10-34)27(37)39-29(4,5)6/h7-8,13-16,18H,9-12,17H2,1-6H3,(H,32,36). The van der Waals surface area contributed by atoms with Crippen LogP contribution in [0.2, 0.25) is 5.02 Å². The Kier molecular flexibility index (Phi) is 8.20. The second-order valence-corrected chi connectivity index (χ2v) is 12.0. The van der Waals surface area contributed by atoms with E-state index in [-0.39, 0.29) is 6.09 Å². The Morgan fingerprint density at radius 2 is 1.62 bits per heavy atom. The van der Waals surface area contributed by atoms with E-state index < -0.39 is 17.3 Å². The summed E-state index contributed by atoms with van der Waals surface area (Å²) < 4.78 is 10.8. The molecule has 9 nitrogen and oxygen atoms in total. The zero-order valence-electron chi connectivity index (χ0n) is 23.4. The van der Waals surface area contributed by atoms with Gasteiger partial charge >= 0.3 is 12.2 Å². The van der Waals surface area contributed by atoms with Crippen LogP contribution in [0.3, 0.4) is 0 Å². The van der Waals surface area contributed by atoms with Gasteiger partial charge in [-0.05, 0) is 76.9 Å². The molecule has 0 atom stereocenters. The second-order valence-electron chi connectivity index (χ2n) is 11.6. The number of carbonyl (C=O) groups excluding carboxylic acids is 2. The van der Waals surface area contributed by atoms with Crippen LogP contribution >= 0.6 is 11.6 Å². The zero-order chi connectivity index (χ0) is 28.4. The molecule has 3 heterocycles. The number of piperazine rings is 1. The van der Waals surface area contributed by atoms with Crippen molar-refractivity contribution in [1.82, 2.24) is 20.2 Å². The van der Waals surface area contributed by atoms with E-state index in [1.807, 2.05) is 71.9 Å². The lowest BCUT2D eigenvalue weighted by molar-refractivity contribution is 0.0240. The van der Waals surface area contributed by atoms with Gasteiger partial charge in [0, 0.05) is 56.1 Å². The van der Waals surface area contributed by atoms with E-state index >= 15 is 0 Å². The van der Waals surface area contributed by atoms with E-state index in [2.05, 4.69) is 15.2 Å². The largest absolute Gasteiger partial charge is 0.444 e. The molecule has 1 saturated heterocycles. The van der Waals surface area contributed by atoms with Crippen molar-refractivity contribution in [3.05, 3.63) is 53.3 Å². The summed E-state index contributed by atoms with van der Waals surface area (Å²) in [7, 11) is 0. The number of pyridine rings is 2. The highest BCUT2D eigenvalue weighted by Gasteiger charge is 2.27. The SMILES string of the molecule is CC(C)(C)OC(=O)NCc1cncc(-c2ccc3nc(N4CCN(C(=O)OC(C)(C)C)CC4)c(Cl)cc3c2)c1. The smallest absolute Gasteiger partial charge is 0.410 e. The number of hydrogen-bond acceptors (Lipinski definition) is 7. The number of nitrogens with one attached hydrogen (secondary N) is 1. The molecule has 10 heteroatoms. The molecule has 0 aliphatic carbocycles. The maximum atomic E-state index is 12.4. The van der Waals surface area contributed by atoms with Crippen LogP contribution in [0.15, 0.2) is 42.7 Å². The summed E-state index contributed by atoms with van der Waals surface area (Å²) in [5.74, 6) is 0.706. The lowest BCUT2D eigenvalue weighted by Gasteiger charge is -2.36. The molecule has 39 heavy (non-hydrogen) atoms. The Balaban J connectivity index is 1.45. The maximum Gasteiger partial charge on any atom is 0.410 e. The minimum Gasteiger partial charge on any atom is -0.444 e. The highest BCUT2D eigenvalue weighted by molar-refractivity contribution is 6.33. The zero-order valence-corrected chi connectivity index (χ0v) is 24.1. The molecule has 0 saturated carbocycles. The molecule has 208 valence electrons. The Morgan fingerprint density at radius 3 is 2.28 bits per heavy atom. The van der Waals surface area contributed by atoms with Crippen LogP contribution in [0.1, 0.15) is 47.1 Å². The second kappa shape index (κ2) is 11.3. The van der Waals surface area contributed by atoms with Crippen LogP contribution in [0.5, 0.6) is 0 Å². The van der Waals surface area contributed by atoms with E-state index in [1.165, 1.54) is 0 Å². The van der Waals surface area contributed by atoms with Crippen molar-refractivity contribution >= 4 is 40.5 Å². The molecule has 2 aromatic heterocycles.